The van der Waals surface area contributed by atoms with E-state index in [2.05, 4.69) is 43.0 Å². The first kappa shape index (κ1) is 19.6. The van der Waals surface area contributed by atoms with E-state index < -0.39 is 0 Å². The maximum Gasteiger partial charge on any atom is 0.337 e. The number of hydrogen-bond donors (Lipinski definition) is 1. The van der Waals surface area contributed by atoms with E-state index in [9.17, 15) is 4.79 Å². The van der Waals surface area contributed by atoms with Crippen molar-refractivity contribution in [3.8, 4) is 0 Å². The van der Waals surface area contributed by atoms with Crippen molar-refractivity contribution in [1.82, 2.24) is 5.32 Å². The summed E-state index contributed by atoms with van der Waals surface area (Å²) in [7, 11) is 1.39. The van der Waals surface area contributed by atoms with Gasteiger partial charge >= 0.3 is 5.97 Å². The van der Waals surface area contributed by atoms with Crippen LogP contribution in [0.25, 0.3) is 0 Å². The summed E-state index contributed by atoms with van der Waals surface area (Å²) in [5.41, 5.74) is 1.90. The molecule has 0 bridgehead atoms. The summed E-state index contributed by atoms with van der Waals surface area (Å²) in [4.78, 5) is 14.0. The second kappa shape index (κ2) is 9.13. The first-order chi connectivity index (χ1) is 11.9. The molecule has 0 saturated heterocycles. The molecule has 1 aromatic heterocycles. The average molecular weight is 362 g/mol. The van der Waals surface area contributed by atoms with Gasteiger partial charge in [-0.05, 0) is 35.2 Å². The Balaban J connectivity index is 1.63. The highest BCUT2D eigenvalue weighted by Crippen LogP contribution is 2.29. The first-order valence-electron chi connectivity index (χ1n) is 8.45. The number of ether oxygens (including phenoxy) is 2. The van der Waals surface area contributed by atoms with Gasteiger partial charge in [-0.15, -0.1) is 11.3 Å². The highest BCUT2D eigenvalue weighted by Gasteiger charge is 2.15. The van der Waals surface area contributed by atoms with Gasteiger partial charge < -0.3 is 14.8 Å². The lowest BCUT2D eigenvalue weighted by Gasteiger charge is -2.15. The van der Waals surface area contributed by atoms with Crippen LogP contribution in [0.3, 0.4) is 0 Å². The molecule has 0 radical (unpaired) electrons. The highest BCUT2D eigenvalue weighted by molar-refractivity contribution is 7.12. The van der Waals surface area contributed by atoms with Crippen molar-refractivity contribution in [2.45, 2.75) is 39.3 Å². The zero-order chi connectivity index (χ0) is 18.3. The fourth-order valence-electron chi connectivity index (χ4n) is 2.28. The van der Waals surface area contributed by atoms with Crippen LogP contribution in [0, 0.1) is 0 Å². The molecule has 1 aromatic carbocycles. The maximum atomic E-state index is 11.4. The molecule has 2 rings (SSSR count). The van der Waals surface area contributed by atoms with Gasteiger partial charge in [-0.1, -0.05) is 32.9 Å². The van der Waals surface area contributed by atoms with E-state index in [1.165, 1.54) is 16.9 Å². The number of rotatable bonds is 8. The van der Waals surface area contributed by atoms with Gasteiger partial charge in [0.25, 0.3) is 0 Å². The average Bonchev–Trinajstić information content (AvgIpc) is 3.07. The summed E-state index contributed by atoms with van der Waals surface area (Å²) in [6, 6.07) is 11.8. The molecule has 0 aliphatic heterocycles. The molecule has 1 N–H and O–H groups in total. The van der Waals surface area contributed by atoms with Crippen LogP contribution in [-0.4, -0.2) is 26.2 Å². The Hall–Kier alpha value is -1.69. The molecule has 0 aliphatic rings. The van der Waals surface area contributed by atoms with Crippen LogP contribution in [-0.2, 0) is 28.0 Å². The number of nitrogens with one attached hydrogen (secondary N) is 1. The highest BCUT2D eigenvalue weighted by atomic mass is 32.1. The van der Waals surface area contributed by atoms with Crippen LogP contribution in [0.15, 0.2) is 36.4 Å². The summed E-state index contributed by atoms with van der Waals surface area (Å²) in [5, 5.41) is 3.34. The van der Waals surface area contributed by atoms with Gasteiger partial charge in [-0.25, -0.2) is 4.79 Å². The normalized spacial score (nSPS) is 11.5. The van der Waals surface area contributed by atoms with E-state index in [1.807, 2.05) is 23.5 Å². The Morgan fingerprint density at radius 3 is 2.44 bits per heavy atom. The maximum absolute atomic E-state index is 11.4. The van der Waals surface area contributed by atoms with Gasteiger partial charge in [-0.2, -0.15) is 0 Å². The summed E-state index contributed by atoms with van der Waals surface area (Å²) >= 11 is 1.82. The summed E-state index contributed by atoms with van der Waals surface area (Å²) in [6.07, 6.45) is 0. The molecule has 5 heteroatoms. The standard InChI is InChI=1S/C20H27NO3S/c1-20(2,3)18-10-9-17(25-18)14-24-12-11-21-13-15-5-7-16(8-6-15)19(22)23-4/h5-10,21H,11-14H2,1-4H3. The first-order valence-corrected chi connectivity index (χ1v) is 9.26. The molecule has 0 saturated carbocycles. The fraction of sp³-hybridized carbons (Fsp3) is 0.450. The Kier molecular flexibility index (Phi) is 7.17. The molecule has 2 aromatic rings. The number of hydrogen-bond acceptors (Lipinski definition) is 5. The van der Waals surface area contributed by atoms with E-state index in [1.54, 1.807) is 12.1 Å². The van der Waals surface area contributed by atoms with Crippen LogP contribution in [0.2, 0.25) is 0 Å². The summed E-state index contributed by atoms with van der Waals surface area (Å²) in [5.74, 6) is -0.309. The van der Waals surface area contributed by atoms with E-state index in [-0.39, 0.29) is 11.4 Å². The van der Waals surface area contributed by atoms with Crippen LogP contribution in [0.5, 0.6) is 0 Å². The van der Waals surface area contributed by atoms with E-state index >= 15 is 0 Å². The SMILES string of the molecule is COC(=O)c1ccc(CNCCOCc2ccc(C(C)(C)C)s2)cc1. The molecule has 25 heavy (non-hydrogen) atoms. The minimum atomic E-state index is -0.309. The van der Waals surface area contributed by atoms with Gasteiger partial charge in [0.2, 0.25) is 0 Å². The molecular formula is C20H27NO3S. The Morgan fingerprint density at radius 1 is 1.12 bits per heavy atom. The Morgan fingerprint density at radius 2 is 1.84 bits per heavy atom. The third kappa shape index (κ3) is 6.27. The lowest BCUT2D eigenvalue weighted by Crippen LogP contribution is -2.19. The van der Waals surface area contributed by atoms with Gasteiger partial charge in [-0.3, -0.25) is 0 Å². The van der Waals surface area contributed by atoms with Crippen molar-refractivity contribution in [1.29, 1.82) is 0 Å². The third-order valence-corrected chi connectivity index (χ3v) is 5.26. The molecule has 4 nitrogen and oxygen atoms in total. The second-order valence-electron chi connectivity index (χ2n) is 6.93. The predicted octanol–water partition coefficient (Wildman–Crippen LogP) is 4.14. The molecule has 0 spiro atoms. The Bertz CT molecular complexity index is 671. The van der Waals surface area contributed by atoms with Crippen LogP contribution in [0.4, 0.5) is 0 Å². The number of esters is 1. The van der Waals surface area contributed by atoms with Crippen LogP contribution >= 0.6 is 11.3 Å². The lowest BCUT2D eigenvalue weighted by atomic mass is 9.95. The molecule has 1 heterocycles. The number of benzene rings is 1. The van der Waals surface area contributed by atoms with Crippen LogP contribution in [0.1, 0.15) is 46.4 Å². The molecular weight excluding hydrogens is 334 g/mol. The fourth-order valence-corrected chi connectivity index (χ4v) is 3.29. The van der Waals surface area contributed by atoms with Gasteiger partial charge in [0.05, 0.1) is 25.9 Å². The predicted molar refractivity (Wildman–Crippen MR) is 102 cm³/mol. The minimum Gasteiger partial charge on any atom is -0.465 e. The van der Waals surface area contributed by atoms with Crippen molar-refractivity contribution in [3.63, 3.8) is 0 Å². The summed E-state index contributed by atoms with van der Waals surface area (Å²) in [6.45, 7) is 9.55. The molecule has 0 unspecified atom stereocenters. The molecule has 0 aliphatic carbocycles. The quantitative estimate of drug-likeness (QED) is 0.567. The van der Waals surface area contributed by atoms with Gasteiger partial charge in [0, 0.05) is 22.8 Å². The van der Waals surface area contributed by atoms with Crippen molar-refractivity contribution < 1.29 is 14.3 Å². The molecule has 0 fully saturated rings. The Labute approximate surface area is 154 Å². The third-order valence-electron chi connectivity index (χ3n) is 3.77. The van der Waals surface area contributed by atoms with Gasteiger partial charge in [0.1, 0.15) is 0 Å². The van der Waals surface area contributed by atoms with Crippen molar-refractivity contribution in [2.24, 2.45) is 0 Å². The molecule has 0 atom stereocenters. The van der Waals surface area contributed by atoms with Gasteiger partial charge in [0.15, 0.2) is 0 Å². The topological polar surface area (TPSA) is 47.6 Å². The zero-order valence-corrected chi connectivity index (χ0v) is 16.2. The van der Waals surface area contributed by atoms with Crippen molar-refractivity contribution in [2.75, 3.05) is 20.3 Å². The van der Waals surface area contributed by atoms with E-state index in [0.29, 0.717) is 18.8 Å². The number of carbonyl (C=O) groups is 1. The molecule has 136 valence electrons. The number of methoxy groups -OCH3 is 1. The summed E-state index contributed by atoms with van der Waals surface area (Å²) < 4.78 is 10.4. The zero-order valence-electron chi connectivity index (χ0n) is 15.4. The lowest BCUT2D eigenvalue weighted by molar-refractivity contribution is 0.0600. The van der Waals surface area contributed by atoms with Crippen molar-refractivity contribution in [3.05, 3.63) is 57.3 Å². The molecule has 0 amide bonds. The van der Waals surface area contributed by atoms with Crippen molar-refractivity contribution >= 4 is 17.3 Å². The van der Waals surface area contributed by atoms with E-state index in [0.717, 1.165) is 18.7 Å². The minimum absolute atomic E-state index is 0.202. The van der Waals surface area contributed by atoms with Crippen LogP contribution < -0.4 is 5.32 Å². The monoisotopic (exact) mass is 361 g/mol. The van der Waals surface area contributed by atoms with E-state index in [4.69, 9.17) is 4.74 Å². The second-order valence-corrected chi connectivity index (χ2v) is 8.10. The number of thiophene rings is 1. The smallest absolute Gasteiger partial charge is 0.337 e. The largest absolute Gasteiger partial charge is 0.465 e. The number of carbonyl (C=O) groups excluding carboxylic acids is 1.